The molecule has 0 aliphatic heterocycles. The number of nitrogens with one attached hydrogen (secondary N) is 1. The fourth-order valence-corrected chi connectivity index (χ4v) is 1.66. The van der Waals surface area contributed by atoms with Gasteiger partial charge in [-0.25, -0.2) is 14.8 Å². The molecule has 0 unspecified atom stereocenters. The maximum absolute atomic E-state index is 10.8. The van der Waals surface area contributed by atoms with Crippen LogP contribution in [-0.4, -0.2) is 21.0 Å². The standard InChI is InChI=1S/C13H13N3O2/c1-8-4-3-5-9(2)11(8)16-13-14-7-6-10(15-13)12(17)18/h3-7H,1-2H3,(H,17,18)(H,14,15,16). The third-order valence-electron chi connectivity index (χ3n) is 2.59. The lowest BCUT2D eigenvalue weighted by atomic mass is 10.1. The lowest BCUT2D eigenvalue weighted by Gasteiger charge is -2.11. The predicted octanol–water partition coefficient (Wildman–Crippen LogP) is 2.54. The first-order valence-electron chi connectivity index (χ1n) is 5.47. The van der Waals surface area contributed by atoms with Gasteiger partial charge in [-0.1, -0.05) is 18.2 Å². The summed E-state index contributed by atoms with van der Waals surface area (Å²) in [7, 11) is 0. The highest BCUT2D eigenvalue weighted by molar-refractivity contribution is 5.85. The van der Waals surface area contributed by atoms with Crippen molar-refractivity contribution in [3.63, 3.8) is 0 Å². The number of aromatic carboxylic acids is 1. The number of carboxylic acids is 1. The Bertz CT molecular complexity index is 576. The van der Waals surface area contributed by atoms with E-state index in [9.17, 15) is 4.79 Å². The molecule has 0 fully saturated rings. The van der Waals surface area contributed by atoms with Crippen molar-refractivity contribution in [2.45, 2.75) is 13.8 Å². The summed E-state index contributed by atoms with van der Waals surface area (Å²) in [6.07, 6.45) is 1.42. The van der Waals surface area contributed by atoms with Gasteiger partial charge >= 0.3 is 5.97 Å². The molecule has 1 heterocycles. The van der Waals surface area contributed by atoms with Crippen molar-refractivity contribution in [2.75, 3.05) is 5.32 Å². The van der Waals surface area contributed by atoms with Crippen LogP contribution in [0.5, 0.6) is 0 Å². The van der Waals surface area contributed by atoms with Crippen LogP contribution in [0.2, 0.25) is 0 Å². The molecule has 5 heteroatoms. The van der Waals surface area contributed by atoms with Crippen LogP contribution in [0.25, 0.3) is 0 Å². The normalized spacial score (nSPS) is 10.1. The number of aryl methyl sites for hydroxylation is 2. The van der Waals surface area contributed by atoms with E-state index in [2.05, 4.69) is 15.3 Å². The SMILES string of the molecule is Cc1cccc(C)c1Nc1nccc(C(=O)O)n1. The van der Waals surface area contributed by atoms with Gasteiger partial charge in [0.05, 0.1) is 0 Å². The first-order valence-corrected chi connectivity index (χ1v) is 5.47. The van der Waals surface area contributed by atoms with Gasteiger partial charge in [0.1, 0.15) is 0 Å². The second-order valence-electron chi connectivity index (χ2n) is 3.96. The zero-order valence-electron chi connectivity index (χ0n) is 10.1. The maximum Gasteiger partial charge on any atom is 0.354 e. The van der Waals surface area contributed by atoms with Crippen LogP contribution in [0, 0.1) is 13.8 Å². The van der Waals surface area contributed by atoms with Crippen LogP contribution in [0.3, 0.4) is 0 Å². The monoisotopic (exact) mass is 243 g/mol. The molecule has 0 aliphatic rings. The second kappa shape index (κ2) is 4.83. The summed E-state index contributed by atoms with van der Waals surface area (Å²) in [6, 6.07) is 7.26. The number of hydrogen-bond donors (Lipinski definition) is 2. The summed E-state index contributed by atoms with van der Waals surface area (Å²) in [6.45, 7) is 3.94. The van der Waals surface area contributed by atoms with Crippen molar-refractivity contribution in [2.24, 2.45) is 0 Å². The van der Waals surface area contributed by atoms with E-state index >= 15 is 0 Å². The highest BCUT2D eigenvalue weighted by atomic mass is 16.4. The Hall–Kier alpha value is -2.43. The smallest absolute Gasteiger partial charge is 0.354 e. The molecule has 0 saturated heterocycles. The molecule has 2 aromatic rings. The number of carboxylic acid groups (broad SMARTS) is 1. The first kappa shape index (κ1) is 12.0. The Morgan fingerprint density at radius 1 is 1.22 bits per heavy atom. The van der Waals surface area contributed by atoms with E-state index < -0.39 is 5.97 Å². The minimum absolute atomic E-state index is 0.0289. The highest BCUT2D eigenvalue weighted by Gasteiger charge is 2.08. The van der Waals surface area contributed by atoms with Crippen LogP contribution >= 0.6 is 0 Å². The third-order valence-corrected chi connectivity index (χ3v) is 2.59. The van der Waals surface area contributed by atoms with Crippen LogP contribution in [-0.2, 0) is 0 Å². The molecule has 5 nitrogen and oxygen atoms in total. The highest BCUT2D eigenvalue weighted by Crippen LogP contribution is 2.22. The molecule has 2 N–H and O–H groups in total. The molecule has 0 aliphatic carbocycles. The van der Waals surface area contributed by atoms with Crippen LogP contribution in [0.15, 0.2) is 30.5 Å². The molecule has 0 saturated carbocycles. The molecule has 1 aromatic carbocycles. The minimum Gasteiger partial charge on any atom is -0.477 e. The molecule has 0 bridgehead atoms. The number of rotatable bonds is 3. The Balaban J connectivity index is 2.34. The summed E-state index contributed by atoms with van der Waals surface area (Å²) < 4.78 is 0. The lowest BCUT2D eigenvalue weighted by Crippen LogP contribution is -2.05. The first-order chi connectivity index (χ1) is 8.58. The third kappa shape index (κ3) is 2.45. The van der Waals surface area contributed by atoms with E-state index in [0.29, 0.717) is 0 Å². The van der Waals surface area contributed by atoms with Crippen molar-refractivity contribution >= 4 is 17.6 Å². The summed E-state index contributed by atoms with van der Waals surface area (Å²) in [5.74, 6) is -0.783. The second-order valence-corrected chi connectivity index (χ2v) is 3.96. The Morgan fingerprint density at radius 2 is 1.89 bits per heavy atom. The van der Waals surface area contributed by atoms with Gasteiger partial charge in [-0.2, -0.15) is 0 Å². The Kier molecular flexibility index (Phi) is 3.23. The average Bonchev–Trinajstić information content (AvgIpc) is 2.34. The maximum atomic E-state index is 10.8. The fraction of sp³-hybridized carbons (Fsp3) is 0.154. The zero-order chi connectivity index (χ0) is 13.1. The van der Waals surface area contributed by atoms with Crippen LogP contribution in [0.4, 0.5) is 11.6 Å². The van der Waals surface area contributed by atoms with E-state index in [4.69, 9.17) is 5.11 Å². The Labute approximate surface area is 105 Å². The lowest BCUT2D eigenvalue weighted by molar-refractivity contribution is 0.0690. The van der Waals surface area contributed by atoms with Gasteiger partial charge in [0.25, 0.3) is 0 Å². The van der Waals surface area contributed by atoms with E-state index in [1.54, 1.807) is 0 Å². The van der Waals surface area contributed by atoms with E-state index in [0.717, 1.165) is 16.8 Å². The number of nitrogens with zero attached hydrogens (tertiary/aromatic N) is 2. The molecule has 1 aromatic heterocycles. The van der Waals surface area contributed by atoms with Crippen LogP contribution < -0.4 is 5.32 Å². The van der Waals surface area contributed by atoms with Crippen molar-refractivity contribution in [3.8, 4) is 0 Å². The summed E-state index contributed by atoms with van der Waals surface area (Å²) in [5, 5.41) is 11.9. The van der Waals surface area contributed by atoms with Gasteiger partial charge in [-0.3, -0.25) is 0 Å². The molecular formula is C13H13N3O2. The minimum atomic E-state index is -1.07. The summed E-state index contributed by atoms with van der Waals surface area (Å²) >= 11 is 0. The number of para-hydroxylation sites is 1. The number of benzene rings is 1. The van der Waals surface area contributed by atoms with Gasteiger partial charge < -0.3 is 10.4 Å². The van der Waals surface area contributed by atoms with Gasteiger partial charge in [0.15, 0.2) is 5.69 Å². The molecule has 0 spiro atoms. The molecule has 2 rings (SSSR count). The predicted molar refractivity (Wildman–Crippen MR) is 68.2 cm³/mol. The average molecular weight is 243 g/mol. The molecule has 18 heavy (non-hydrogen) atoms. The van der Waals surface area contributed by atoms with Gasteiger partial charge in [0.2, 0.25) is 5.95 Å². The number of carbonyl (C=O) groups is 1. The number of aromatic nitrogens is 2. The molecule has 0 atom stereocenters. The van der Waals surface area contributed by atoms with Crippen LogP contribution in [0.1, 0.15) is 21.6 Å². The zero-order valence-corrected chi connectivity index (χ0v) is 10.1. The summed E-state index contributed by atoms with van der Waals surface area (Å²) in [5.41, 5.74) is 2.98. The number of hydrogen-bond acceptors (Lipinski definition) is 4. The van der Waals surface area contributed by atoms with Crippen molar-refractivity contribution < 1.29 is 9.90 Å². The number of anilines is 2. The Morgan fingerprint density at radius 3 is 2.50 bits per heavy atom. The van der Waals surface area contributed by atoms with E-state index in [1.807, 2.05) is 32.0 Å². The van der Waals surface area contributed by atoms with Gasteiger partial charge in [0, 0.05) is 11.9 Å². The topological polar surface area (TPSA) is 75.1 Å². The van der Waals surface area contributed by atoms with Crippen molar-refractivity contribution in [3.05, 3.63) is 47.3 Å². The van der Waals surface area contributed by atoms with Gasteiger partial charge in [-0.15, -0.1) is 0 Å². The fourth-order valence-electron chi connectivity index (χ4n) is 1.66. The summed E-state index contributed by atoms with van der Waals surface area (Å²) in [4.78, 5) is 18.8. The quantitative estimate of drug-likeness (QED) is 0.866. The molecule has 0 radical (unpaired) electrons. The van der Waals surface area contributed by atoms with E-state index in [-0.39, 0.29) is 11.6 Å². The van der Waals surface area contributed by atoms with Crippen molar-refractivity contribution in [1.82, 2.24) is 9.97 Å². The van der Waals surface area contributed by atoms with Gasteiger partial charge in [-0.05, 0) is 31.0 Å². The largest absolute Gasteiger partial charge is 0.477 e. The van der Waals surface area contributed by atoms with Crippen molar-refractivity contribution in [1.29, 1.82) is 0 Å². The molecule has 92 valence electrons. The molecule has 0 amide bonds. The molecular weight excluding hydrogens is 230 g/mol. The van der Waals surface area contributed by atoms with E-state index in [1.165, 1.54) is 12.3 Å².